The van der Waals surface area contributed by atoms with Crippen LogP contribution in [0.2, 0.25) is 0 Å². The van der Waals surface area contributed by atoms with E-state index in [9.17, 15) is 0 Å². The van der Waals surface area contributed by atoms with Crippen LogP contribution in [0.4, 0.5) is 0 Å². The molecule has 0 bridgehead atoms. The highest BCUT2D eigenvalue weighted by atomic mass is 14.8. The molecule has 0 aliphatic rings. The molecule has 5 heteroatoms. The zero-order valence-electron chi connectivity index (χ0n) is 7.75. The second kappa shape index (κ2) is 5.15. The van der Waals surface area contributed by atoms with E-state index in [0.29, 0.717) is 0 Å². The molecule has 72 valence electrons. The van der Waals surface area contributed by atoms with Crippen LogP contribution in [0.3, 0.4) is 0 Å². The summed E-state index contributed by atoms with van der Waals surface area (Å²) in [6.07, 6.45) is 4.64. The normalized spacial score (nSPS) is 11.6. The first-order valence-electron chi connectivity index (χ1n) is 4.02. The molecule has 0 atom stereocenters. The van der Waals surface area contributed by atoms with Crippen molar-refractivity contribution in [2.45, 2.75) is 0 Å². The summed E-state index contributed by atoms with van der Waals surface area (Å²) in [4.78, 5) is 7.66. The lowest BCUT2D eigenvalue weighted by atomic mass is 10.3. The van der Waals surface area contributed by atoms with Crippen molar-refractivity contribution in [2.24, 2.45) is 10.7 Å². The van der Waals surface area contributed by atoms with E-state index in [1.807, 2.05) is 0 Å². The van der Waals surface area contributed by atoms with Gasteiger partial charge in [0.05, 0.1) is 0 Å². The molecule has 0 amide bonds. The fourth-order valence-corrected chi connectivity index (χ4v) is 0.803. The van der Waals surface area contributed by atoms with Crippen LogP contribution < -0.4 is 5.73 Å². The lowest BCUT2D eigenvalue weighted by molar-refractivity contribution is 1.26. The minimum atomic E-state index is -0.197. The van der Waals surface area contributed by atoms with Gasteiger partial charge in [0.1, 0.15) is 17.8 Å². The molecule has 1 heterocycles. The van der Waals surface area contributed by atoms with Crippen molar-refractivity contribution in [3.63, 3.8) is 0 Å². The molecular weight excluding hydrogens is 190 g/mol. The third-order valence-corrected chi connectivity index (χ3v) is 1.51. The molecule has 0 fully saturated rings. The monoisotopic (exact) mass is 197 g/mol. The number of nitrogens with two attached hydrogens (primary N) is 1. The first kappa shape index (κ1) is 10.4. The molecule has 0 aromatic carbocycles. The lowest BCUT2D eigenvalue weighted by Crippen LogP contribution is -1.97. The third-order valence-electron chi connectivity index (χ3n) is 1.51. The van der Waals surface area contributed by atoms with E-state index in [4.69, 9.17) is 16.3 Å². The molecule has 0 spiro atoms. The Kier molecular flexibility index (Phi) is 3.58. The Bertz CT molecular complexity index is 473. The Morgan fingerprint density at radius 1 is 1.47 bits per heavy atom. The quantitative estimate of drug-likeness (QED) is 0.557. The molecule has 0 unspecified atom stereocenters. The number of nitrogens with zero attached hydrogens (tertiary/aromatic N) is 4. The Hall–Kier alpha value is -2.66. The summed E-state index contributed by atoms with van der Waals surface area (Å²) in [7, 11) is 0. The number of allylic oxidation sites excluding steroid dienone is 2. The first-order valence-corrected chi connectivity index (χ1v) is 4.02. The number of aliphatic imine (C=N–C) groups is 1. The Labute approximate surface area is 86.8 Å². The molecule has 0 saturated carbocycles. The zero-order valence-corrected chi connectivity index (χ0v) is 7.75. The smallest absolute Gasteiger partial charge is 0.174 e. The molecule has 2 N–H and O–H groups in total. The Balaban J connectivity index is 2.93. The average Bonchev–Trinajstić information content (AvgIpc) is 2.31. The molecule has 0 aliphatic heterocycles. The summed E-state index contributed by atoms with van der Waals surface area (Å²) in [6.45, 7) is 0. The van der Waals surface area contributed by atoms with Gasteiger partial charge in [0.15, 0.2) is 5.70 Å². The molecular formula is C10H7N5. The van der Waals surface area contributed by atoms with E-state index in [0.717, 1.165) is 5.56 Å². The lowest BCUT2D eigenvalue weighted by Gasteiger charge is -1.91. The van der Waals surface area contributed by atoms with Crippen LogP contribution in [0, 0.1) is 22.7 Å². The van der Waals surface area contributed by atoms with Crippen LogP contribution in [0.5, 0.6) is 0 Å². The van der Waals surface area contributed by atoms with Gasteiger partial charge >= 0.3 is 0 Å². The summed E-state index contributed by atoms with van der Waals surface area (Å²) < 4.78 is 0. The summed E-state index contributed by atoms with van der Waals surface area (Å²) in [6, 6.07) is 6.91. The number of nitriles is 2. The predicted molar refractivity (Wildman–Crippen MR) is 54.3 cm³/mol. The van der Waals surface area contributed by atoms with E-state index in [2.05, 4.69) is 9.98 Å². The highest BCUT2D eigenvalue weighted by Gasteiger charge is 1.98. The van der Waals surface area contributed by atoms with Crippen LogP contribution in [0.25, 0.3) is 0 Å². The van der Waals surface area contributed by atoms with Crippen molar-refractivity contribution in [3.05, 3.63) is 41.5 Å². The van der Waals surface area contributed by atoms with Crippen LogP contribution >= 0.6 is 0 Å². The zero-order chi connectivity index (χ0) is 11.1. The van der Waals surface area contributed by atoms with Gasteiger partial charge in [-0.05, 0) is 6.07 Å². The Morgan fingerprint density at radius 2 is 2.27 bits per heavy atom. The number of hydrogen-bond acceptors (Lipinski definition) is 5. The number of rotatable bonds is 2. The summed E-state index contributed by atoms with van der Waals surface area (Å²) in [5.74, 6) is 0. The van der Waals surface area contributed by atoms with Crippen molar-refractivity contribution < 1.29 is 0 Å². The number of pyridine rings is 1. The van der Waals surface area contributed by atoms with E-state index in [-0.39, 0.29) is 11.4 Å². The van der Waals surface area contributed by atoms with Crippen molar-refractivity contribution in [2.75, 3.05) is 0 Å². The maximum atomic E-state index is 8.64. The fraction of sp³-hybridized carbons (Fsp3) is 0. The van der Waals surface area contributed by atoms with Gasteiger partial charge in [0.2, 0.25) is 0 Å². The second-order valence-electron chi connectivity index (χ2n) is 2.53. The number of aromatic nitrogens is 1. The van der Waals surface area contributed by atoms with Gasteiger partial charge in [-0.15, -0.1) is 0 Å². The maximum absolute atomic E-state index is 8.64. The minimum absolute atomic E-state index is 0.0960. The summed E-state index contributed by atoms with van der Waals surface area (Å²) in [5, 5.41) is 17.1. The van der Waals surface area contributed by atoms with Crippen LogP contribution in [-0.4, -0.2) is 11.2 Å². The molecule has 5 nitrogen and oxygen atoms in total. The first-order chi connectivity index (χ1) is 7.27. The molecule has 0 aliphatic carbocycles. The van der Waals surface area contributed by atoms with Gasteiger partial charge in [-0.25, -0.2) is 4.99 Å². The minimum Gasteiger partial charge on any atom is -0.388 e. The van der Waals surface area contributed by atoms with Crippen molar-refractivity contribution in [1.29, 1.82) is 10.5 Å². The Morgan fingerprint density at radius 3 is 2.80 bits per heavy atom. The van der Waals surface area contributed by atoms with Gasteiger partial charge in [0.25, 0.3) is 0 Å². The molecule has 1 aromatic heterocycles. The van der Waals surface area contributed by atoms with Gasteiger partial charge in [-0.1, -0.05) is 6.07 Å². The van der Waals surface area contributed by atoms with Gasteiger partial charge in [-0.2, -0.15) is 10.5 Å². The third kappa shape index (κ3) is 2.94. The molecule has 1 aromatic rings. The topological polar surface area (TPSA) is 98.8 Å². The molecule has 1 rings (SSSR count). The van der Waals surface area contributed by atoms with E-state index < -0.39 is 0 Å². The van der Waals surface area contributed by atoms with Crippen LogP contribution in [-0.2, 0) is 0 Å². The van der Waals surface area contributed by atoms with Crippen LogP contribution in [0.1, 0.15) is 5.56 Å². The standard InChI is InChI=1S/C10H7N5/c11-4-9(13)10(5-12)15-7-8-2-1-3-14-6-8/h1-3,6-7H,13H2/b10-9-,15-7+. The van der Waals surface area contributed by atoms with Gasteiger partial charge < -0.3 is 5.73 Å². The fourth-order valence-electron chi connectivity index (χ4n) is 0.803. The number of hydrogen-bond donors (Lipinski definition) is 1. The van der Waals surface area contributed by atoms with Gasteiger partial charge in [-0.3, -0.25) is 4.98 Å². The predicted octanol–water partition coefficient (Wildman–Crippen LogP) is 0.718. The van der Waals surface area contributed by atoms with E-state index in [1.165, 1.54) is 6.21 Å². The molecule has 0 radical (unpaired) electrons. The SMILES string of the molecule is N#C/C(N)=C(C#N)/N=C/c1cccnc1. The van der Waals surface area contributed by atoms with E-state index in [1.54, 1.807) is 36.7 Å². The summed E-state index contributed by atoms with van der Waals surface area (Å²) in [5.41, 5.74) is 5.70. The maximum Gasteiger partial charge on any atom is 0.174 e. The highest BCUT2D eigenvalue weighted by Crippen LogP contribution is 1.99. The second-order valence-corrected chi connectivity index (χ2v) is 2.53. The molecule has 15 heavy (non-hydrogen) atoms. The van der Waals surface area contributed by atoms with Crippen molar-refractivity contribution in [3.8, 4) is 12.1 Å². The molecule has 0 saturated heterocycles. The average molecular weight is 197 g/mol. The summed E-state index contributed by atoms with van der Waals surface area (Å²) >= 11 is 0. The van der Waals surface area contributed by atoms with Crippen molar-refractivity contribution >= 4 is 6.21 Å². The van der Waals surface area contributed by atoms with Gasteiger partial charge in [0, 0.05) is 24.2 Å². The highest BCUT2D eigenvalue weighted by molar-refractivity contribution is 5.80. The van der Waals surface area contributed by atoms with Crippen LogP contribution in [0.15, 0.2) is 40.9 Å². The van der Waals surface area contributed by atoms with Crippen molar-refractivity contribution in [1.82, 2.24) is 4.98 Å². The largest absolute Gasteiger partial charge is 0.388 e. The van der Waals surface area contributed by atoms with E-state index >= 15 is 0 Å².